The van der Waals surface area contributed by atoms with Gasteiger partial charge in [-0.15, -0.1) is 0 Å². The summed E-state index contributed by atoms with van der Waals surface area (Å²) in [6, 6.07) is 17.9. The van der Waals surface area contributed by atoms with E-state index in [1.807, 2.05) is 0 Å². The summed E-state index contributed by atoms with van der Waals surface area (Å²) in [5, 5.41) is 8.38. The van der Waals surface area contributed by atoms with Crippen LogP contribution in [0.5, 0.6) is 0 Å². The molecule has 174 valence electrons. The summed E-state index contributed by atoms with van der Waals surface area (Å²) < 4.78 is 6.25. The molecule has 2 aromatic carbocycles. The largest absolute Gasteiger partial charge is 0.478 e. The minimum atomic E-state index is -0.879. The highest BCUT2D eigenvalue weighted by Gasteiger charge is 2.70. The molecule has 5 aliphatic heterocycles. The van der Waals surface area contributed by atoms with Gasteiger partial charge in [0.15, 0.2) is 0 Å². The van der Waals surface area contributed by atoms with E-state index >= 15 is 0 Å². The molecule has 3 saturated heterocycles. The van der Waals surface area contributed by atoms with Crippen molar-refractivity contribution in [2.24, 2.45) is 11.8 Å². The van der Waals surface area contributed by atoms with E-state index in [1.54, 1.807) is 35.9 Å². The average molecular weight is 457 g/mol. The fourth-order valence-electron chi connectivity index (χ4n) is 8.09. The highest BCUT2D eigenvalue weighted by Crippen LogP contribution is 2.65. The van der Waals surface area contributed by atoms with Gasteiger partial charge in [-0.05, 0) is 49.1 Å². The summed E-state index contributed by atoms with van der Waals surface area (Å²) in [5.41, 5.74) is 4.68. The van der Waals surface area contributed by atoms with Crippen LogP contribution in [0, 0.1) is 11.8 Å². The van der Waals surface area contributed by atoms with Gasteiger partial charge in [0.2, 0.25) is 5.91 Å². The Bertz CT molecular complexity index is 1210. The first kappa shape index (κ1) is 20.4. The van der Waals surface area contributed by atoms with Crippen LogP contribution in [0.15, 0.2) is 66.2 Å². The molecule has 4 fully saturated rings. The van der Waals surface area contributed by atoms with E-state index < -0.39 is 5.97 Å². The molecule has 1 spiro atoms. The van der Waals surface area contributed by atoms with Gasteiger partial charge in [-0.1, -0.05) is 48.0 Å². The fourth-order valence-corrected chi connectivity index (χ4v) is 8.09. The van der Waals surface area contributed by atoms with E-state index in [1.165, 1.54) is 30.6 Å². The van der Waals surface area contributed by atoms with Crippen LogP contribution < -0.4 is 4.90 Å². The van der Waals surface area contributed by atoms with Gasteiger partial charge in [-0.3, -0.25) is 9.69 Å². The molecular weight excluding hydrogens is 428 g/mol. The molecule has 6 nitrogen and oxygen atoms in total. The Kier molecular flexibility index (Phi) is 4.36. The molecule has 2 bridgehead atoms. The maximum atomic E-state index is 13.2. The zero-order valence-electron chi connectivity index (χ0n) is 19.0. The number of para-hydroxylation sites is 1. The highest BCUT2D eigenvalue weighted by atomic mass is 16.5. The molecule has 0 unspecified atom stereocenters. The van der Waals surface area contributed by atoms with Crippen LogP contribution in [0.25, 0.3) is 0 Å². The Hall–Kier alpha value is -2.96. The number of nitrogens with zero attached hydrogens (tertiary/aromatic N) is 2. The monoisotopic (exact) mass is 456 g/mol. The van der Waals surface area contributed by atoms with Crippen LogP contribution in [-0.4, -0.2) is 59.8 Å². The Balaban J connectivity index is 0.000000190. The van der Waals surface area contributed by atoms with Crippen molar-refractivity contribution in [2.75, 3.05) is 24.6 Å². The normalized spacial score (nSPS) is 36.1. The lowest BCUT2D eigenvalue weighted by Gasteiger charge is -2.58. The van der Waals surface area contributed by atoms with Crippen LogP contribution in [0.2, 0.25) is 0 Å². The lowest BCUT2D eigenvalue weighted by atomic mass is 9.53. The van der Waals surface area contributed by atoms with Crippen LogP contribution in [-0.2, 0) is 14.9 Å². The number of benzene rings is 2. The summed E-state index contributed by atoms with van der Waals surface area (Å²) >= 11 is 0. The van der Waals surface area contributed by atoms with Gasteiger partial charge in [0, 0.05) is 29.6 Å². The van der Waals surface area contributed by atoms with Crippen molar-refractivity contribution >= 4 is 17.6 Å². The number of carbonyl (C=O) groups excluding carboxylic acids is 1. The highest BCUT2D eigenvalue weighted by molar-refractivity contribution is 5.99. The van der Waals surface area contributed by atoms with Crippen molar-refractivity contribution in [3.8, 4) is 0 Å². The van der Waals surface area contributed by atoms with Crippen molar-refractivity contribution < 1.29 is 19.4 Å². The Labute approximate surface area is 198 Å². The molecule has 1 amide bonds. The molecule has 6 heteroatoms. The third-order valence-electron chi connectivity index (χ3n) is 9.24. The predicted molar refractivity (Wildman–Crippen MR) is 127 cm³/mol. The number of rotatable bonds is 1. The van der Waals surface area contributed by atoms with E-state index in [0.29, 0.717) is 42.5 Å². The van der Waals surface area contributed by atoms with Crippen molar-refractivity contribution in [3.63, 3.8) is 0 Å². The first-order valence-electron chi connectivity index (χ1n) is 12.3. The lowest BCUT2D eigenvalue weighted by Crippen LogP contribution is -2.69. The molecule has 1 saturated carbocycles. The smallest absolute Gasteiger partial charge is 0.335 e. The molecule has 6 atom stereocenters. The molecule has 1 aliphatic carbocycles. The second kappa shape index (κ2) is 7.27. The maximum Gasteiger partial charge on any atom is 0.335 e. The van der Waals surface area contributed by atoms with Crippen LogP contribution in [0.4, 0.5) is 5.69 Å². The molecular formula is C28H28N2O4. The third-order valence-corrected chi connectivity index (χ3v) is 9.24. The van der Waals surface area contributed by atoms with Gasteiger partial charge in [0.05, 0.1) is 30.7 Å². The lowest BCUT2D eigenvalue weighted by molar-refractivity contribution is -0.132. The first-order chi connectivity index (χ1) is 16.6. The van der Waals surface area contributed by atoms with E-state index in [-0.39, 0.29) is 17.4 Å². The van der Waals surface area contributed by atoms with Gasteiger partial charge in [-0.2, -0.15) is 0 Å². The first-order valence-corrected chi connectivity index (χ1v) is 12.3. The number of amides is 1. The summed E-state index contributed by atoms with van der Waals surface area (Å²) in [7, 11) is 0. The maximum absolute atomic E-state index is 13.2. The van der Waals surface area contributed by atoms with Crippen molar-refractivity contribution in [2.45, 2.75) is 42.9 Å². The Morgan fingerprint density at radius 3 is 2.68 bits per heavy atom. The van der Waals surface area contributed by atoms with E-state index in [0.717, 1.165) is 6.54 Å². The summed E-state index contributed by atoms with van der Waals surface area (Å²) in [6.07, 6.45) is 5.43. The quantitative estimate of drug-likeness (QED) is 0.666. The summed E-state index contributed by atoms with van der Waals surface area (Å²) in [4.78, 5) is 28.3. The van der Waals surface area contributed by atoms with Gasteiger partial charge < -0.3 is 14.7 Å². The summed E-state index contributed by atoms with van der Waals surface area (Å²) in [5.74, 6) is 0.471. The number of hydrogen-bond donors (Lipinski definition) is 1. The molecule has 2 aromatic rings. The third kappa shape index (κ3) is 2.58. The number of aromatic carboxylic acids is 1. The SMILES string of the molecule is O=C(O)c1ccccc1.O=C1C[C@@H]2OCC=C3CN4CC[C@]56c7ccccc7N1[C@H]5[C@H]2[C@H]3C[C@H]46. The standard InChI is InChI=1S/C21H22N2O2.C7H6O2/c24-18-10-16-19-13-9-17-21(6-7-22(17)11-12(13)5-8-25-16)14-3-1-2-4-15(14)23(18)20(19)21;8-7(9)6-4-2-1-3-5-6/h1-5,13,16-17,19-20H,6-11H2;1-5H,(H,8,9)/t13-,16-,17-,19-,20-,21+;/m0./s1. The number of piperidine rings is 2. The summed E-state index contributed by atoms with van der Waals surface area (Å²) in [6.45, 7) is 2.97. The van der Waals surface area contributed by atoms with Gasteiger partial charge in [0.1, 0.15) is 0 Å². The number of carbonyl (C=O) groups is 2. The van der Waals surface area contributed by atoms with E-state index in [2.05, 4.69) is 40.1 Å². The molecule has 6 aliphatic rings. The number of carboxylic acid groups (broad SMARTS) is 1. The average Bonchev–Trinajstić information content (AvgIpc) is 3.33. The topological polar surface area (TPSA) is 70.1 Å². The molecule has 0 aromatic heterocycles. The van der Waals surface area contributed by atoms with E-state index in [4.69, 9.17) is 9.84 Å². The van der Waals surface area contributed by atoms with Gasteiger partial charge in [0.25, 0.3) is 0 Å². The number of hydrogen-bond acceptors (Lipinski definition) is 4. The molecule has 8 rings (SSSR count). The predicted octanol–water partition coefficient (Wildman–Crippen LogP) is 3.48. The van der Waals surface area contributed by atoms with Gasteiger partial charge in [-0.25, -0.2) is 4.79 Å². The fraction of sp³-hybridized carbons (Fsp3) is 0.429. The minimum absolute atomic E-state index is 0.104. The Morgan fingerprint density at radius 1 is 1.09 bits per heavy atom. The molecule has 0 radical (unpaired) electrons. The number of carboxylic acids is 1. The zero-order valence-corrected chi connectivity index (χ0v) is 19.0. The van der Waals surface area contributed by atoms with Crippen molar-refractivity contribution in [1.29, 1.82) is 0 Å². The van der Waals surface area contributed by atoms with Crippen molar-refractivity contribution in [3.05, 3.63) is 77.4 Å². The molecule has 34 heavy (non-hydrogen) atoms. The van der Waals surface area contributed by atoms with Crippen LogP contribution in [0.3, 0.4) is 0 Å². The Morgan fingerprint density at radius 2 is 1.88 bits per heavy atom. The second-order valence-corrected chi connectivity index (χ2v) is 10.4. The second-order valence-electron chi connectivity index (χ2n) is 10.4. The molecule has 5 heterocycles. The van der Waals surface area contributed by atoms with Crippen LogP contribution >= 0.6 is 0 Å². The van der Waals surface area contributed by atoms with Crippen LogP contribution in [0.1, 0.15) is 35.2 Å². The number of anilines is 1. The minimum Gasteiger partial charge on any atom is -0.478 e. The van der Waals surface area contributed by atoms with E-state index in [9.17, 15) is 9.59 Å². The van der Waals surface area contributed by atoms with Crippen molar-refractivity contribution in [1.82, 2.24) is 4.90 Å². The number of fused-ring (bicyclic) bond motifs is 2. The number of ether oxygens (including phenoxy) is 1. The molecule has 1 N–H and O–H groups in total. The van der Waals surface area contributed by atoms with Gasteiger partial charge >= 0.3 is 5.97 Å². The zero-order chi connectivity index (χ0) is 23.0.